The normalized spacial score (nSPS) is 11.4. The first kappa shape index (κ1) is 29.1. The molecule has 4 aromatic carbocycles. The Labute approximate surface area is 249 Å². The van der Waals surface area contributed by atoms with Gasteiger partial charge in [0.05, 0.1) is 19.2 Å². The van der Waals surface area contributed by atoms with Gasteiger partial charge in [-0.25, -0.2) is 0 Å². The molecule has 5 rings (SSSR count). The number of aromatic nitrogens is 1. The number of carbonyl (C=O) groups is 2. The van der Waals surface area contributed by atoms with Crippen molar-refractivity contribution in [3.05, 3.63) is 120 Å². The maximum atomic E-state index is 12.4. The average Bonchev–Trinajstić information content (AvgIpc) is 3.05. The summed E-state index contributed by atoms with van der Waals surface area (Å²) in [6.45, 7) is 0.338. The Morgan fingerprint density at radius 1 is 0.860 bits per heavy atom. The van der Waals surface area contributed by atoms with Crippen LogP contribution in [0.4, 0.5) is 5.69 Å². The number of benzene rings is 4. The zero-order valence-corrected chi connectivity index (χ0v) is 23.6. The molecule has 218 valence electrons. The molecular weight excluding hydrogens is 546 g/mol. The fourth-order valence-corrected chi connectivity index (χ4v) is 4.27. The molecule has 0 aliphatic carbocycles. The van der Waals surface area contributed by atoms with E-state index in [0.29, 0.717) is 45.2 Å². The Morgan fingerprint density at radius 3 is 2.30 bits per heavy atom. The molecule has 43 heavy (non-hydrogen) atoms. The van der Waals surface area contributed by atoms with Crippen LogP contribution in [0.2, 0.25) is 0 Å². The largest absolute Gasteiger partial charge is 0.493 e. The number of methoxy groups -OCH3 is 1. The number of fused-ring (bicyclic) bond motifs is 1. The molecule has 1 atom stereocenters. The van der Waals surface area contributed by atoms with Gasteiger partial charge in [0.1, 0.15) is 24.1 Å². The fourth-order valence-electron chi connectivity index (χ4n) is 4.27. The van der Waals surface area contributed by atoms with E-state index in [0.717, 1.165) is 5.56 Å². The molecule has 0 bridgehead atoms. The molecule has 1 heterocycles. The lowest BCUT2D eigenvalue weighted by Gasteiger charge is -2.15. The van der Waals surface area contributed by atoms with Crippen molar-refractivity contribution in [3.8, 4) is 23.0 Å². The van der Waals surface area contributed by atoms with Crippen LogP contribution >= 0.6 is 0 Å². The van der Waals surface area contributed by atoms with Gasteiger partial charge in [0.15, 0.2) is 11.5 Å². The molecule has 0 saturated heterocycles. The van der Waals surface area contributed by atoms with E-state index in [4.69, 9.17) is 24.7 Å². The van der Waals surface area contributed by atoms with Crippen molar-refractivity contribution in [2.45, 2.75) is 19.1 Å². The molecule has 0 fully saturated rings. The second kappa shape index (κ2) is 14.0. The van der Waals surface area contributed by atoms with Crippen LogP contribution in [0.1, 0.15) is 22.3 Å². The van der Waals surface area contributed by atoms with E-state index in [2.05, 4.69) is 10.3 Å². The van der Waals surface area contributed by atoms with E-state index < -0.39 is 12.0 Å². The van der Waals surface area contributed by atoms with Gasteiger partial charge in [-0.2, -0.15) is 0 Å². The predicted molar refractivity (Wildman–Crippen MR) is 164 cm³/mol. The van der Waals surface area contributed by atoms with Gasteiger partial charge < -0.3 is 30.0 Å². The zero-order chi connectivity index (χ0) is 30.0. The van der Waals surface area contributed by atoms with Crippen LogP contribution in [0.15, 0.2) is 109 Å². The number of esters is 1. The summed E-state index contributed by atoms with van der Waals surface area (Å²) >= 11 is 0. The maximum absolute atomic E-state index is 12.4. The third-order valence-electron chi connectivity index (χ3n) is 6.58. The van der Waals surface area contributed by atoms with Crippen LogP contribution in [0.5, 0.6) is 23.0 Å². The highest BCUT2D eigenvalue weighted by molar-refractivity contribution is 6.04. The van der Waals surface area contributed by atoms with Crippen molar-refractivity contribution in [2.24, 2.45) is 5.73 Å². The summed E-state index contributed by atoms with van der Waals surface area (Å²) in [4.78, 5) is 29.2. The summed E-state index contributed by atoms with van der Waals surface area (Å²) in [5, 5.41) is 3.59. The Morgan fingerprint density at radius 2 is 1.58 bits per heavy atom. The smallest absolute Gasteiger partial charge is 0.323 e. The lowest BCUT2D eigenvalue weighted by atomic mass is 10.1. The van der Waals surface area contributed by atoms with Gasteiger partial charge in [-0.1, -0.05) is 48.5 Å². The van der Waals surface area contributed by atoms with Crippen LogP contribution < -0.4 is 25.3 Å². The topological polar surface area (TPSA) is 122 Å². The molecule has 1 unspecified atom stereocenters. The number of hydrogen-bond donors (Lipinski definition) is 2. The van der Waals surface area contributed by atoms with Crippen molar-refractivity contribution in [2.75, 3.05) is 19.0 Å². The van der Waals surface area contributed by atoms with Crippen LogP contribution in [0.25, 0.3) is 10.9 Å². The summed E-state index contributed by atoms with van der Waals surface area (Å²) in [6.07, 6.45) is 1.90. The van der Waals surface area contributed by atoms with Crippen LogP contribution in [0.3, 0.4) is 0 Å². The number of anilines is 1. The Bertz CT molecular complexity index is 1680. The number of carbonyl (C=O) groups excluding carboxylic acids is 2. The Hall–Kier alpha value is -5.41. The SMILES string of the molecule is COc1cc2c(Oc3ccc(NC(=O)c4ccccc4)cc3)ccnc2cc1OCCC(N)C(=O)OCc1ccccc1. The van der Waals surface area contributed by atoms with Gasteiger partial charge in [0, 0.05) is 35.3 Å². The Balaban J connectivity index is 1.20. The molecule has 0 aliphatic heterocycles. The van der Waals surface area contributed by atoms with E-state index in [1.54, 1.807) is 67.9 Å². The second-order valence-electron chi connectivity index (χ2n) is 9.61. The zero-order valence-electron chi connectivity index (χ0n) is 23.6. The lowest BCUT2D eigenvalue weighted by Crippen LogP contribution is -2.33. The molecule has 1 amide bonds. The third kappa shape index (κ3) is 7.66. The van der Waals surface area contributed by atoms with Crippen molar-refractivity contribution in [1.29, 1.82) is 0 Å². The molecule has 9 nitrogen and oxygen atoms in total. The average molecular weight is 578 g/mol. The molecular formula is C34H31N3O6. The minimum atomic E-state index is -0.827. The molecule has 0 saturated carbocycles. The molecule has 0 spiro atoms. The Kier molecular flexibility index (Phi) is 9.46. The molecule has 9 heteroatoms. The molecule has 5 aromatic rings. The van der Waals surface area contributed by atoms with Crippen LogP contribution in [0, 0.1) is 0 Å². The first-order valence-electron chi connectivity index (χ1n) is 13.7. The van der Waals surface area contributed by atoms with Gasteiger partial charge in [-0.3, -0.25) is 14.6 Å². The number of nitrogens with one attached hydrogen (secondary N) is 1. The minimum Gasteiger partial charge on any atom is -0.493 e. The predicted octanol–water partition coefficient (Wildman–Crippen LogP) is 6.13. The van der Waals surface area contributed by atoms with E-state index in [-0.39, 0.29) is 25.5 Å². The van der Waals surface area contributed by atoms with Gasteiger partial charge in [0.25, 0.3) is 5.91 Å². The standard InChI is InChI=1S/C34H31N3O6/c1-40-31-20-27-29(21-32(31)41-19-17-28(35)34(39)42-22-23-8-4-2-5-9-23)36-18-16-30(27)43-26-14-12-25(13-15-26)37-33(38)24-10-6-3-7-11-24/h2-16,18,20-21,28H,17,19,22,35H2,1H3,(H,37,38). The van der Waals surface area contributed by atoms with Crippen LogP contribution in [-0.4, -0.2) is 36.6 Å². The second-order valence-corrected chi connectivity index (χ2v) is 9.61. The monoisotopic (exact) mass is 577 g/mol. The van der Waals surface area contributed by atoms with E-state index in [1.165, 1.54) is 0 Å². The lowest BCUT2D eigenvalue weighted by molar-refractivity contribution is -0.146. The highest BCUT2D eigenvalue weighted by atomic mass is 16.5. The summed E-state index contributed by atoms with van der Waals surface area (Å²) < 4.78 is 23.0. The number of nitrogens with zero attached hydrogens (tertiary/aromatic N) is 1. The number of pyridine rings is 1. The first-order chi connectivity index (χ1) is 21.0. The molecule has 0 radical (unpaired) electrons. The quantitative estimate of drug-likeness (QED) is 0.170. The van der Waals surface area contributed by atoms with E-state index >= 15 is 0 Å². The number of ether oxygens (including phenoxy) is 4. The minimum absolute atomic E-state index is 0.164. The number of hydrogen-bond acceptors (Lipinski definition) is 8. The van der Waals surface area contributed by atoms with E-state index in [1.807, 2.05) is 48.5 Å². The van der Waals surface area contributed by atoms with Crippen LogP contribution in [-0.2, 0) is 16.1 Å². The highest BCUT2D eigenvalue weighted by Crippen LogP contribution is 2.37. The van der Waals surface area contributed by atoms with Gasteiger partial charge in [-0.05, 0) is 54.1 Å². The first-order valence-corrected chi connectivity index (χ1v) is 13.7. The van der Waals surface area contributed by atoms with E-state index in [9.17, 15) is 9.59 Å². The molecule has 0 aliphatic rings. The number of amides is 1. The van der Waals surface area contributed by atoms with Crippen molar-refractivity contribution >= 4 is 28.5 Å². The van der Waals surface area contributed by atoms with Crippen molar-refractivity contribution in [3.63, 3.8) is 0 Å². The number of nitrogens with two attached hydrogens (primary N) is 1. The summed E-state index contributed by atoms with van der Waals surface area (Å²) in [5.41, 5.74) is 8.77. The van der Waals surface area contributed by atoms with Crippen molar-refractivity contribution in [1.82, 2.24) is 4.98 Å². The third-order valence-corrected chi connectivity index (χ3v) is 6.58. The van der Waals surface area contributed by atoms with Gasteiger partial charge in [0.2, 0.25) is 0 Å². The maximum Gasteiger partial charge on any atom is 0.323 e. The van der Waals surface area contributed by atoms with Crippen molar-refractivity contribution < 1.29 is 28.5 Å². The fraction of sp³-hybridized carbons (Fsp3) is 0.147. The number of rotatable bonds is 12. The van der Waals surface area contributed by atoms with Gasteiger partial charge in [-0.15, -0.1) is 0 Å². The van der Waals surface area contributed by atoms with Gasteiger partial charge >= 0.3 is 5.97 Å². The summed E-state index contributed by atoms with van der Waals surface area (Å²) in [6, 6.07) is 30.0. The molecule has 3 N–H and O–H groups in total. The summed E-state index contributed by atoms with van der Waals surface area (Å²) in [7, 11) is 1.54. The molecule has 1 aromatic heterocycles. The summed E-state index contributed by atoms with van der Waals surface area (Å²) in [5.74, 6) is 1.40. The highest BCUT2D eigenvalue weighted by Gasteiger charge is 2.17.